The lowest BCUT2D eigenvalue weighted by Crippen LogP contribution is -2.26. The van der Waals surface area contributed by atoms with Crippen LogP contribution >= 0.6 is 11.8 Å². The average molecular weight is 237 g/mol. The van der Waals surface area contributed by atoms with Gasteiger partial charge in [0.15, 0.2) is 0 Å². The Morgan fingerprint density at radius 3 is 3.00 bits per heavy atom. The molecular formula is C13H19NOS. The zero-order valence-corrected chi connectivity index (χ0v) is 10.6. The number of benzene rings is 1. The summed E-state index contributed by atoms with van der Waals surface area (Å²) < 4.78 is 0. The van der Waals surface area contributed by atoms with Gasteiger partial charge in [0.1, 0.15) is 0 Å². The molecule has 0 spiro atoms. The molecule has 0 radical (unpaired) electrons. The maximum Gasteiger partial charge on any atom is 0.0702 e. The summed E-state index contributed by atoms with van der Waals surface area (Å²) in [6.45, 7) is 4.42. The number of rotatable bonds is 2. The van der Waals surface area contributed by atoms with Crippen molar-refractivity contribution in [1.29, 1.82) is 0 Å². The summed E-state index contributed by atoms with van der Waals surface area (Å²) in [5.41, 5.74) is 3.50. The van der Waals surface area contributed by atoms with Gasteiger partial charge in [-0.15, -0.1) is 0 Å². The highest BCUT2D eigenvalue weighted by Gasteiger charge is 2.13. The number of hydrogen-bond acceptors (Lipinski definition) is 3. The summed E-state index contributed by atoms with van der Waals surface area (Å²) >= 11 is 2.03. The Balaban J connectivity index is 2.23. The van der Waals surface area contributed by atoms with Gasteiger partial charge >= 0.3 is 0 Å². The molecule has 2 rings (SSSR count). The van der Waals surface area contributed by atoms with Gasteiger partial charge in [-0.05, 0) is 25.2 Å². The van der Waals surface area contributed by atoms with Crippen LogP contribution in [0, 0.1) is 6.92 Å². The fourth-order valence-corrected chi connectivity index (χ4v) is 3.02. The predicted molar refractivity (Wildman–Crippen MR) is 71.3 cm³/mol. The van der Waals surface area contributed by atoms with Crippen molar-refractivity contribution in [2.24, 2.45) is 0 Å². The van der Waals surface area contributed by atoms with E-state index in [9.17, 15) is 5.11 Å². The van der Waals surface area contributed by atoms with E-state index in [-0.39, 0.29) is 6.61 Å². The zero-order valence-electron chi connectivity index (χ0n) is 9.78. The van der Waals surface area contributed by atoms with Crippen molar-refractivity contribution in [3.05, 3.63) is 29.3 Å². The first kappa shape index (κ1) is 11.8. The molecule has 3 heteroatoms. The number of anilines is 1. The third-order valence-electron chi connectivity index (χ3n) is 2.97. The van der Waals surface area contributed by atoms with Crippen LogP contribution in [0.2, 0.25) is 0 Å². The van der Waals surface area contributed by atoms with E-state index in [4.69, 9.17) is 0 Å². The van der Waals surface area contributed by atoms with E-state index in [2.05, 4.69) is 30.0 Å². The molecule has 16 heavy (non-hydrogen) atoms. The first-order chi connectivity index (χ1) is 7.81. The Bertz CT molecular complexity index is 346. The van der Waals surface area contributed by atoms with Crippen molar-refractivity contribution in [2.75, 3.05) is 29.5 Å². The van der Waals surface area contributed by atoms with Crippen molar-refractivity contribution in [3.8, 4) is 0 Å². The number of aliphatic hydroxyl groups is 1. The van der Waals surface area contributed by atoms with Crippen molar-refractivity contribution >= 4 is 17.4 Å². The topological polar surface area (TPSA) is 23.5 Å². The van der Waals surface area contributed by atoms with Crippen LogP contribution < -0.4 is 4.90 Å². The molecule has 0 saturated carbocycles. The molecule has 0 unspecified atom stereocenters. The minimum Gasteiger partial charge on any atom is -0.392 e. The van der Waals surface area contributed by atoms with Crippen LogP contribution in [0.4, 0.5) is 5.69 Å². The molecule has 2 nitrogen and oxygen atoms in total. The largest absolute Gasteiger partial charge is 0.392 e. The fraction of sp³-hybridized carbons (Fsp3) is 0.538. The maximum absolute atomic E-state index is 9.41. The molecule has 1 heterocycles. The molecule has 0 aliphatic carbocycles. The van der Waals surface area contributed by atoms with Gasteiger partial charge in [-0.2, -0.15) is 11.8 Å². The van der Waals surface area contributed by atoms with E-state index in [1.54, 1.807) is 0 Å². The second-order valence-corrected chi connectivity index (χ2v) is 5.47. The lowest BCUT2D eigenvalue weighted by atomic mass is 10.1. The van der Waals surface area contributed by atoms with E-state index in [0.717, 1.165) is 18.7 Å². The van der Waals surface area contributed by atoms with Crippen LogP contribution in [0.15, 0.2) is 18.2 Å². The van der Waals surface area contributed by atoms with Crippen LogP contribution in [-0.2, 0) is 6.61 Å². The van der Waals surface area contributed by atoms with E-state index < -0.39 is 0 Å². The SMILES string of the molecule is Cc1ccc(N2CCCSCC2)c(CO)c1. The van der Waals surface area contributed by atoms with Crippen molar-refractivity contribution in [2.45, 2.75) is 20.0 Å². The Morgan fingerprint density at radius 2 is 2.19 bits per heavy atom. The molecule has 1 aromatic carbocycles. The minimum absolute atomic E-state index is 0.140. The Labute approximate surface area is 102 Å². The van der Waals surface area contributed by atoms with Gasteiger partial charge < -0.3 is 10.0 Å². The average Bonchev–Trinajstić information content (AvgIpc) is 2.57. The number of hydrogen-bond donors (Lipinski definition) is 1. The number of thioether (sulfide) groups is 1. The fourth-order valence-electron chi connectivity index (χ4n) is 2.14. The molecule has 0 aromatic heterocycles. The molecule has 1 aromatic rings. The van der Waals surface area contributed by atoms with E-state index in [0.29, 0.717) is 0 Å². The highest BCUT2D eigenvalue weighted by Crippen LogP contribution is 2.24. The van der Waals surface area contributed by atoms with E-state index in [1.807, 2.05) is 11.8 Å². The first-order valence-corrected chi connectivity index (χ1v) is 7.00. The first-order valence-electron chi connectivity index (χ1n) is 5.84. The quantitative estimate of drug-likeness (QED) is 0.854. The summed E-state index contributed by atoms with van der Waals surface area (Å²) in [6, 6.07) is 6.37. The summed E-state index contributed by atoms with van der Waals surface area (Å²) in [7, 11) is 0. The summed E-state index contributed by atoms with van der Waals surface area (Å²) in [6.07, 6.45) is 1.24. The normalized spacial score (nSPS) is 17.2. The van der Waals surface area contributed by atoms with Crippen LogP contribution in [0.3, 0.4) is 0 Å². The molecule has 0 atom stereocenters. The molecule has 1 saturated heterocycles. The standard InChI is InChI=1S/C13H19NOS/c1-11-3-4-13(12(9-11)10-15)14-5-2-7-16-8-6-14/h3-4,9,15H,2,5-8,10H2,1H3. The number of aliphatic hydroxyl groups excluding tert-OH is 1. The van der Waals surface area contributed by atoms with Crippen LogP contribution in [0.1, 0.15) is 17.5 Å². The smallest absolute Gasteiger partial charge is 0.0702 e. The van der Waals surface area contributed by atoms with E-state index >= 15 is 0 Å². The summed E-state index contributed by atoms with van der Waals surface area (Å²) in [5, 5.41) is 9.41. The maximum atomic E-state index is 9.41. The molecule has 1 N–H and O–H groups in total. The van der Waals surface area contributed by atoms with Gasteiger partial charge in [0.05, 0.1) is 6.61 Å². The Kier molecular flexibility index (Phi) is 4.13. The van der Waals surface area contributed by atoms with Crippen molar-refractivity contribution in [1.82, 2.24) is 0 Å². The monoisotopic (exact) mass is 237 g/mol. The number of nitrogens with zero attached hydrogens (tertiary/aromatic N) is 1. The Hall–Kier alpha value is -0.670. The third-order valence-corrected chi connectivity index (χ3v) is 4.02. The molecule has 0 amide bonds. The number of aryl methyl sites for hydroxylation is 1. The van der Waals surface area contributed by atoms with Gasteiger partial charge in [-0.3, -0.25) is 0 Å². The summed E-state index contributed by atoms with van der Waals surface area (Å²) in [4.78, 5) is 2.41. The molecular weight excluding hydrogens is 218 g/mol. The molecule has 88 valence electrons. The van der Waals surface area contributed by atoms with Crippen LogP contribution in [0.5, 0.6) is 0 Å². The lowest BCUT2D eigenvalue weighted by Gasteiger charge is -2.25. The Morgan fingerprint density at radius 1 is 1.31 bits per heavy atom. The highest BCUT2D eigenvalue weighted by molar-refractivity contribution is 7.99. The van der Waals surface area contributed by atoms with Gasteiger partial charge in [0, 0.05) is 30.1 Å². The van der Waals surface area contributed by atoms with Crippen LogP contribution in [0.25, 0.3) is 0 Å². The minimum atomic E-state index is 0.140. The van der Waals surface area contributed by atoms with Gasteiger partial charge in [0.25, 0.3) is 0 Å². The van der Waals surface area contributed by atoms with E-state index in [1.165, 1.54) is 29.2 Å². The second kappa shape index (κ2) is 5.60. The highest BCUT2D eigenvalue weighted by atomic mass is 32.2. The second-order valence-electron chi connectivity index (χ2n) is 4.24. The van der Waals surface area contributed by atoms with Gasteiger partial charge in [-0.25, -0.2) is 0 Å². The molecule has 1 fully saturated rings. The molecule has 1 aliphatic heterocycles. The molecule has 0 bridgehead atoms. The third kappa shape index (κ3) is 2.71. The predicted octanol–water partition coefficient (Wildman–Crippen LogP) is 2.43. The van der Waals surface area contributed by atoms with Crippen molar-refractivity contribution in [3.63, 3.8) is 0 Å². The van der Waals surface area contributed by atoms with Crippen LogP contribution in [-0.4, -0.2) is 29.7 Å². The molecule has 1 aliphatic rings. The van der Waals surface area contributed by atoms with Gasteiger partial charge in [0.2, 0.25) is 0 Å². The van der Waals surface area contributed by atoms with Gasteiger partial charge in [-0.1, -0.05) is 17.7 Å². The zero-order chi connectivity index (χ0) is 11.4. The summed E-state index contributed by atoms with van der Waals surface area (Å²) in [5.74, 6) is 2.45. The van der Waals surface area contributed by atoms with Crippen molar-refractivity contribution < 1.29 is 5.11 Å². The lowest BCUT2D eigenvalue weighted by molar-refractivity contribution is 0.282.